The summed E-state index contributed by atoms with van der Waals surface area (Å²) >= 11 is 0. The van der Waals surface area contributed by atoms with E-state index < -0.39 is 0 Å². The van der Waals surface area contributed by atoms with Gasteiger partial charge in [0.15, 0.2) is 0 Å². The molecule has 0 spiro atoms. The SMILES string of the molecule is Cc1ccc(N)cc1-c1ccnc(-c2ccnc3c2CC(=O)N3)c1. The normalized spacial score (nSPS) is 12.8. The minimum absolute atomic E-state index is 0.0345. The van der Waals surface area contributed by atoms with E-state index in [1.807, 2.05) is 36.4 Å². The summed E-state index contributed by atoms with van der Waals surface area (Å²) in [6.45, 7) is 2.06. The van der Waals surface area contributed by atoms with Crippen LogP contribution in [0.2, 0.25) is 0 Å². The Bertz CT molecular complexity index is 965. The highest BCUT2D eigenvalue weighted by Gasteiger charge is 2.23. The monoisotopic (exact) mass is 316 g/mol. The molecule has 3 aromatic rings. The third kappa shape index (κ3) is 2.40. The maximum Gasteiger partial charge on any atom is 0.230 e. The molecule has 2 aromatic heterocycles. The van der Waals surface area contributed by atoms with E-state index in [0.717, 1.165) is 39.2 Å². The summed E-state index contributed by atoms with van der Waals surface area (Å²) in [7, 11) is 0. The number of amides is 1. The van der Waals surface area contributed by atoms with Crippen LogP contribution >= 0.6 is 0 Å². The molecule has 3 N–H and O–H groups in total. The van der Waals surface area contributed by atoms with Crippen molar-refractivity contribution in [2.24, 2.45) is 0 Å². The lowest BCUT2D eigenvalue weighted by molar-refractivity contribution is -0.115. The molecule has 5 nitrogen and oxygen atoms in total. The van der Waals surface area contributed by atoms with Crippen LogP contribution in [0.25, 0.3) is 22.4 Å². The predicted octanol–water partition coefficient (Wildman–Crippen LogP) is 3.20. The molecule has 118 valence electrons. The first kappa shape index (κ1) is 14.4. The Morgan fingerprint density at radius 3 is 2.75 bits per heavy atom. The van der Waals surface area contributed by atoms with Crippen LogP contribution < -0.4 is 11.1 Å². The van der Waals surface area contributed by atoms with Crippen molar-refractivity contribution < 1.29 is 4.79 Å². The Hall–Kier alpha value is -3.21. The van der Waals surface area contributed by atoms with Gasteiger partial charge in [-0.15, -0.1) is 0 Å². The minimum atomic E-state index is -0.0345. The van der Waals surface area contributed by atoms with Crippen LogP contribution in [0.3, 0.4) is 0 Å². The van der Waals surface area contributed by atoms with E-state index in [1.54, 1.807) is 12.4 Å². The van der Waals surface area contributed by atoms with E-state index in [4.69, 9.17) is 5.73 Å². The number of carbonyl (C=O) groups excluding carboxylic acids is 1. The van der Waals surface area contributed by atoms with E-state index in [2.05, 4.69) is 22.2 Å². The van der Waals surface area contributed by atoms with Crippen molar-refractivity contribution in [2.45, 2.75) is 13.3 Å². The molecular formula is C19H16N4O. The molecule has 5 heteroatoms. The van der Waals surface area contributed by atoms with Crippen LogP contribution in [0, 0.1) is 6.92 Å². The third-order valence-corrected chi connectivity index (χ3v) is 4.26. The summed E-state index contributed by atoms with van der Waals surface area (Å²) in [6, 6.07) is 11.8. The number of nitrogens with one attached hydrogen (secondary N) is 1. The minimum Gasteiger partial charge on any atom is -0.399 e. The average Bonchev–Trinajstić information content (AvgIpc) is 2.97. The van der Waals surface area contributed by atoms with Gasteiger partial charge in [0.2, 0.25) is 5.91 Å². The molecule has 1 amide bonds. The number of carbonyl (C=O) groups is 1. The Labute approximate surface area is 139 Å². The second-order valence-electron chi connectivity index (χ2n) is 5.91. The topological polar surface area (TPSA) is 80.9 Å². The number of hydrogen-bond donors (Lipinski definition) is 2. The van der Waals surface area contributed by atoms with Crippen molar-refractivity contribution in [3.63, 3.8) is 0 Å². The first-order valence-electron chi connectivity index (χ1n) is 7.72. The first-order chi connectivity index (χ1) is 11.6. The largest absolute Gasteiger partial charge is 0.399 e. The molecule has 3 heterocycles. The van der Waals surface area contributed by atoms with Gasteiger partial charge in [0.1, 0.15) is 5.82 Å². The van der Waals surface area contributed by atoms with Gasteiger partial charge in [-0.25, -0.2) is 4.98 Å². The van der Waals surface area contributed by atoms with E-state index in [9.17, 15) is 4.79 Å². The van der Waals surface area contributed by atoms with E-state index in [-0.39, 0.29) is 5.91 Å². The number of pyridine rings is 2. The van der Waals surface area contributed by atoms with Gasteiger partial charge in [0.25, 0.3) is 0 Å². The molecule has 0 radical (unpaired) electrons. The zero-order valence-electron chi connectivity index (χ0n) is 13.2. The second-order valence-corrected chi connectivity index (χ2v) is 5.91. The Kier molecular flexibility index (Phi) is 3.27. The Morgan fingerprint density at radius 2 is 1.88 bits per heavy atom. The van der Waals surface area contributed by atoms with Crippen molar-refractivity contribution in [1.82, 2.24) is 9.97 Å². The fourth-order valence-electron chi connectivity index (χ4n) is 3.05. The third-order valence-electron chi connectivity index (χ3n) is 4.26. The average molecular weight is 316 g/mol. The van der Waals surface area contributed by atoms with Crippen molar-refractivity contribution >= 4 is 17.4 Å². The molecule has 0 aliphatic carbocycles. The number of fused-ring (bicyclic) bond motifs is 1. The van der Waals surface area contributed by atoms with Crippen molar-refractivity contribution in [3.05, 3.63) is 59.9 Å². The van der Waals surface area contributed by atoms with Crippen molar-refractivity contribution in [1.29, 1.82) is 0 Å². The van der Waals surface area contributed by atoms with Gasteiger partial charge < -0.3 is 11.1 Å². The number of benzene rings is 1. The highest BCUT2D eigenvalue weighted by molar-refractivity contribution is 6.00. The lowest BCUT2D eigenvalue weighted by Gasteiger charge is -2.10. The zero-order valence-corrected chi connectivity index (χ0v) is 13.2. The van der Waals surface area contributed by atoms with Crippen molar-refractivity contribution in [2.75, 3.05) is 11.1 Å². The highest BCUT2D eigenvalue weighted by Crippen LogP contribution is 2.33. The van der Waals surface area contributed by atoms with Crippen LogP contribution in [0.5, 0.6) is 0 Å². The summed E-state index contributed by atoms with van der Waals surface area (Å²) in [4.78, 5) is 20.4. The van der Waals surface area contributed by atoms with Crippen LogP contribution in [-0.4, -0.2) is 15.9 Å². The molecule has 0 atom stereocenters. The molecular weight excluding hydrogens is 300 g/mol. The maximum atomic E-state index is 11.7. The van der Waals surface area contributed by atoms with Gasteiger partial charge in [-0.2, -0.15) is 0 Å². The number of nitrogen functional groups attached to an aromatic ring is 1. The quantitative estimate of drug-likeness (QED) is 0.711. The number of anilines is 2. The molecule has 24 heavy (non-hydrogen) atoms. The lowest BCUT2D eigenvalue weighted by Crippen LogP contribution is -2.04. The van der Waals surface area contributed by atoms with Crippen LogP contribution in [0.15, 0.2) is 48.8 Å². The molecule has 1 aliphatic heterocycles. The van der Waals surface area contributed by atoms with Gasteiger partial charge in [-0.1, -0.05) is 6.07 Å². The number of aromatic nitrogens is 2. The van der Waals surface area contributed by atoms with Gasteiger partial charge in [-0.3, -0.25) is 9.78 Å². The molecule has 1 aliphatic rings. The predicted molar refractivity (Wildman–Crippen MR) is 94.4 cm³/mol. The molecule has 0 bridgehead atoms. The van der Waals surface area contributed by atoms with E-state index in [0.29, 0.717) is 12.2 Å². The van der Waals surface area contributed by atoms with Gasteiger partial charge in [0.05, 0.1) is 12.1 Å². The molecule has 0 saturated carbocycles. The summed E-state index contributed by atoms with van der Waals surface area (Å²) in [5.74, 6) is 0.595. The molecule has 0 unspecified atom stereocenters. The number of rotatable bonds is 2. The number of nitrogens with zero attached hydrogens (tertiary/aromatic N) is 2. The zero-order chi connectivity index (χ0) is 16.7. The second kappa shape index (κ2) is 5.45. The molecule has 1 aromatic carbocycles. The maximum absolute atomic E-state index is 11.7. The standard InChI is InChI=1S/C19H16N4O/c1-11-2-3-13(20)9-15(11)12-4-6-21-17(8-12)14-5-7-22-19-16(14)10-18(24)23-19/h2-9H,10,20H2,1H3,(H,22,23,24). The van der Waals surface area contributed by atoms with E-state index in [1.165, 1.54) is 0 Å². The smallest absolute Gasteiger partial charge is 0.230 e. The van der Waals surface area contributed by atoms with Crippen LogP contribution in [0.4, 0.5) is 11.5 Å². The summed E-state index contributed by atoms with van der Waals surface area (Å²) in [6.07, 6.45) is 3.81. The number of nitrogens with two attached hydrogens (primary N) is 1. The van der Waals surface area contributed by atoms with Crippen LogP contribution in [0.1, 0.15) is 11.1 Å². The fraction of sp³-hybridized carbons (Fsp3) is 0.105. The van der Waals surface area contributed by atoms with Gasteiger partial charge >= 0.3 is 0 Å². The number of hydrogen-bond acceptors (Lipinski definition) is 4. The van der Waals surface area contributed by atoms with E-state index >= 15 is 0 Å². The lowest BCUT2D eigenvalue weighted by atomic mass is 9.97. The van der Waals surface area contributed by atoms with Gasteiger partial charge in [-0.05, 0) is 53.9 Å². The highest BCUT2D eigenvalue weighted by atomic mass is 16.1. The fourth-order valence-corrected chi connectivity index (χ4v) is 3.05. The summed E-state index contributed by atoms with van der Waals surface area (Å²) in [5.41, 5.74) is 12.6. The van der Waals surface area contributed by atoms with Gasteiger partial charge in [0, 0.05) is 29.2 Å². The Morgan fingerprint density at radius 1 is 1.04 bits per heavy atom. The first-order valence-corrected chi connectivity index (χ1v) is 7.72. The molecule has 4 rings (SSSR count). The number of aryl methyl sites for hydroxylation is 1. The summed E-state index contributed by atoms with van der Waals surface area (Å²) < 4.78 is 0. The summed E-state index contributed by atoms with van der Waals surface area (Å²) in [5, 5.41) is 2.78. The molecule has 0 fully saturated rings. The van der Waals surface area contributed by atoms with Crippen molar-refractivity contribution in [3.8, 4) is 22.4 Å². The van der Waals surface area contributed by atoms with Crippen LogP contribution in [-0.2, 0) is 11.2 Å². The molecule has 0 saturated heterocycles. The Balaban J connectivity index is 1.84.